The second-order valence-electron chi connectivity index (χ2n) is 6.04. The summed E-state index contributed by atoms with van der Waals surface area (Å²) in [7, 11) is 0. The molecule has 0 aliphatic carbocycles. The Morgan fingerprint density at radius 2 is 1.95 bits per heavy atom. The van der Waals surface area contributed by atoms with E-state index < -0.39 is 6.10 Å². The van der Waals surface area contributed by atoms with Gasteiger partial charge in [-0.2, -0.15) is 11.8 Å². The van der Waals surface area contributed by atoms with Crippen LogP contribution in [-0.4, -0.2) is 41.1 Å². The van der Waals surface area contributed by atoms with E-state index in [1.54, 1.807) is 0 Å². The standard InChI is InChI=1S/C16H25NOS/c1-16(2,13-17-9-6-11-19-12-10-17)15(18)14-7-4-3-5-8-14/h3-5,7-8,15,18H,6,9-13H2,1-2H3. The highest BCUT2D eigenvalue weighted by Crippen LogP contribution is 2.34. The third kappa shape index (κ3) is 4.23. The first-order valence-corrected chi connectivity index (χ1v) is 8.28. The molecule has 1 atom stereocenters. The minimum absolute atomic E-state index is 0.115. The van der Waals surface area contributed by atoms with Crippen molar-refractivity contribution < 1.29 is 5.11 Å². The molecule has 1 fully saturated rings. The Kier molecular flexibility index (Phi) is 5.31. The van der Waals surface area contributed by atoms with Crippen LogP contribution in [0.2, 0.25) is 0 Å². The Hall–Kier alpha value is -0.510. The van der Waals surface area contributed by atoms with E-state index in [0.29, 0.717) is 0 Å². The smallest absolute Gasteiger partial charge is 0.0853 e. The van der Waals surface area contributed by atoms with Gasteiger partial charge in [0.2, 0.25) is 0 Å². The van der Waals surface area contributed by atoms with Gasteiger partial charge in [-0.25, -0.2) is 0 Å². The fourth-order valence-corrected chi connectivity index (χ4v) is 3.63. The van der Waals surface area contributed by atoms with Crippen molar-refractivity contribution in [2.45, 2.75) is 26.4 Å². The molecule has 1 saturated heterocycles. The van der Waals surface area contributed by atoms with Crippen LogP contribution in [0.3, 0.4) is 0 Å². The van der Waals surface area contributed by atoms with Crippen molar-refractivity contribution in [2.75, 3.05) is 31.1 Å². The fourth-order valence-electron chi connectivity index (χ4n) is 2.71. The molecule has 0 amide bonds. The molecule has 3 heteroatoms. The summed E-state index contributed by atoms with van der Waals surface area (Å²) in [6.07, 6.45) is 0.868. The Morgan fingerprint density at radius 1 is 1.21 bits per heavy atom. The van der Waals surface area contributed by atoms with E-state index in [4.69, 9.17) is 0 Å². The molecule has 19 heavy (non-hydrogen) atoms. The van der Waals surface area contributed by atoms with Crippen molar-refractivity contribution in [2.24, 2.45) is 5.41 Å². The lowest BCUT2D eigenvalue weighted by molar-refractivity contribution is 0.0219. The zero-order valence-electron chi connectivity index (χ0n) is 12.0. The molecule has 106 valence electrons. The van der Waals surface area contributed by atoms with Crippen molar-refractivity contribution in [3.63, 3.8) is 0 Å². The highest BCUT2D eigenvalue weighted by molar-refractivity contribution is 7.99. The number of nitrogens with zero attached hydrogens (tertiary/aromatic N) is 1. The van der Waals surface area contributed by atoms with Gasteiger partial charge in [-0.05, 0) is 24.3 Å². The lowest BCUT2D eigenvalue weighted by atomic mass is 9.82. The number of aliphatic hydroxyl groups excluding tert-OH is 1. The van der Waals surface area contributed by atoms with E-state index in [0.717, 1.165) is 25.2 Å². The zero-order chi connectivity index (χ0) is 13.7. The molecule has 0 radical (unpaired) electrons. The van der Waals surface area contributed by atoms with Gasteiger partial charge in [-0.1, -0.05) is 44.2 Å². The van der Waals surface area contributed by atoms with Crippen LogP contribution in [0.25, 0.3) is 0 Å². The SMILES string of the molecule is CC(C)(CN1CCCSCC1)C(O)c1ccccc1. The van der Waals surface area contributed by atoms with Gasteiger partial charge < -0.3 is 10.0 Å². The highest BCUT2D eigenvalue weighted by atomic mass is 32.2. The predicted molar refractivity (Wildman–Crippen MR) is 83.6 cm³/mol. The molecule has 1 aromatic rings. The molecule has 2 rings (SSSR count). The van der Waals surface area contributed by atoms with E-state index in [9.17, 15) is 5.11 Å². The van der Waals surface area contributed by atoms with Gasteiger partial charge >= 0.3 is 0 Å². The van der Waals surface area contributed by atoms with Gasteiger partial charge in [-0.3, -0.25) is 0 Å². The summed E-state index contributed by atoms with van der Waals surface area (Å²) in [6, 6.07) is 10.0. The largest absolute Gasteiger partial charge is 0.388 e. The molecule has 1 unspecified atom stereocenters. The Labute approximate surface area is 121 Å². The quantitative estimate of drug-likeness (QED) is 0.915. The van der Waals surface area contributed by atoms with Crippen molar-refractivity contribution in [1.82, 2.24) is 4.90 Å². The first kappa shape index (κ1) is 14.9. The molecule has 0 saturated carbocycles. The summed E-state index contributed by atoms with van der Waals surface area (Å²) < 4.78 is 0. The van der Waals surface area contributed by atoms with E-state index in [1.165, 1.54) is 17.9 Å². The Morgan fingerprint density at radius 3 is 2.68 bits per heavy atom. The molecule has 0 spiro atoms. The van der Waals surface area contributed by atoms with Crippen LogP contribution in [0.5, 0.6) is 0 Å². The average molecular weight is 279 g/mol. The highest BCUT2D eigenvalue weighted by Gasteiger charge is 2.31. The lowest BCUT2D eigenvalue weighted by Gasteiger charge is -2.36. The number of hydrogen-bond donors (Lipinski definition) is 1. The number of rotatable bonds is 4. The third-order valence-corrected chi connectivity index (χ3v) is 4.85. The summed E-state index contributed by atoms with van der Waals surface area (Å²) >= 11 is 2.05. The maximum Gasteiger partial charge on any atom is 0.0853 e. The molecule has 1 aliphatic heterocycles. The summed E-state index contributed by atoms with van der Waals surface area (Å²) in [4.78, 5) is 2.51. The van der Waals surface area contributed by atoms with E-state index in [-0.39, 0.29) is 5.41 Å². The number of benzene rings is 1. The first-order chi connectivity index (χ1) is 9.09. The first-order valence-electron chi connectivity index (χ1n) is 7.13. The molecule has 2 nitrogen and oxygen atoms in total. The molecule has 0 bridgehead atoms. The van der Waals surface area contributed by atoms with Crippen molar-refractivity contribution in [3.8, 4) is 0 Å². The summed E-state index contributed by atoms with van der Waals surface area (Å²) in [5.74, 6) is 2.50. The average Bonchev–Trinajstić information content (AvgIpc) is 2.67. The van der Waals surface area contributed by atoms with Crippen molar-refractivity contribution in [1.29, 1.82) is 0 Å². The number of hydrogen-bond acceptors (Lipinski definition) is 3. The minimum atomic E-state index is -0.399. The van der Waals surface area contributed by atoms with Gasteiger partial charge in [0.15, 0.2) is 0 Å². The Bertz CT molecular complexity index is 372. The molecule has 1 aromatic carbocycles. The summed E-state index contributed by atoms with van der Waals surface area (Å²) in [5.41, 5.74) is 0.910. The predicted octanol–water partition coefficient (Wildman–Crippen LogP) is 3.19. The van der Waals surface area contributed by atoms with Gasteiger partial charge in [-0.15, -0.1) is 0 Å². The molecule has 1 aliphatic rings. The van der Waals surface area contributed by atoms with Crippen LogP contribution in [-0.2, 0) is 0 Å². The molecular formula is C16H25NOS. The maximum absolute atomic E-state index is 10.6. The van der Waals surface area contributed by atoms with Crippen molar-refractivity contribution >= 4 is 11.8 Å². The van der Waals surface area contributed by atoms with Crippen LogP contribution in [0.15, 0.2) is 30.3 Å². The molecule has 1 heterocycles. The monoisotopic (exact) mass is 279 g/mol. The van der Waals surface area contributed by atoms with Gasteiger partial charge in [0.25, 0.3) is 0 Å². The number of aliphatic hydroxyl groups is 1. The molecular weight excluding hydrogens is 254 g/mol. The van der Waals surface area contributed by atoms with E-state index in [2.05, 4.69) is 18.7 Å². The van der Waals surface area contributed by atoms with Crippen molar-refractivity contribution in [3.05, 3.63) is 35.9 Å². The third-order valence-electron chi connectivity index (χ3n) is 3.80. The van der Waals surface area contributed by atoms with E-state index in [1.807, 2.05) is 42.1 Å². The number of thioether (sulfide) groups is 1. The Balaban J connectivity index is 2.00. The van der Waals surface area contributed by atoms with Crippen LogP contribution < -0.4 is 0 Å². The van der Waals surface area contributed by atoms with Gasteiger partial charge in [0.1, 0.15) is 0 Å². The molecule has 1 N–H and O–H groups in total. The zero-order valence-corrected chi connectivity index (χ0v) is 12.8. The minimum Gasteiger partial charge on any atom is -0.388 e. The maximum atomic E-state index is 10.6. The summed E-state index contributed by atoms with van der Waals surface area (Å²) in [5, 5.41) is 10.6. The fraction of sp³-hybridized carbons (Fsp3) is 0.625. The second-order valence-corrected chi connectivity index (χ2v) is 7.27. The van der Waals surface area contributed by atoms with Gasteiger partial charge in [0, 0.05) is 24.3 Å². The van der Waals surface area contributed by atoms with Crippen LogP contribution in [0.4, 0.5) is 0 Å². The van der Waals surface area contributed by atoms with Crippen LogP contribution in [0.1, 0.15) is 31.9 Å². The van der Waals surface area contributed by atoms with E-state index >= 15 is 0 Å². The molecule has 0 aromatic heterocycles. The van der Waals surface area contributed by atoms with Crippen LogP contribution >= 0.6 is 11.8 Å². The lowest BCUT2D eigenvalue weighted by Crippen LogP contribution is -2.39. The van der Waals surface area contributed by atoms with Gasteiger partial charge in [0.05, 0.1) is 6.10 Å². The topological polar surface area (TPSA) is 23.5 Å². The van der Waals surface area contributed by atoms with Crippen LogP contribution in [0, 0.1) is 5.41 Å². The summed E-state index contributed by atoms with van der Waals surface area (Å²) in [6.45, 7) is 7.61. The normalized spacial score (nSPS) is 19.9. The second kappa shape index (κ2) is 6.78.